The number of likely N-dealkylation sites (tertiary alicyclic amines) is 1. The highest BCUT2D eigenvalue weighted by molar-refractivity contribution is 6.07. The molecule has 38 heavy (non-hydrogen) atoms. The Morgan fingerprint density at radius 2 is 1.97 bits per heavy atom. The maximum atomic E-state index is 14.5. The van der Waals surface area contributed by atoms with Crippen molar-refractivity contribution in [3.8, 4) is 11.3 Å². The number of hydrogen-bond donors (Lipinski definition) is 2. The minimum absolute atomic E-state index is 0.0255. The minimum atomic E-state index is -0.626. The maximum absolute atomic E-state index is 14.5. The van der Waals surface area contributed by atoms with Gasteiger partial charge in [-0.3, -0.25) is 14.6 Å². The third kappa shape index (κ3) is 3.79. The predicted molar refractivity (Wildman–Crippen MR) is 143 cm³/mol. The summed E-state index contributed by atoms with van der Waals surface area (Å²) in [6, 6.07) is 9.47. The lowest BCUT2D eigenvalue weighted by molar-refractivity contribution is -0.133. The molecule has 1 aromatic carbocycles. The van der Waals surface area contributed by atoms with E-state index in [2.05, 4.69) is 20.6 Å². The van der Waals surface area contributed by atoms with E-state index < -0.39 is 11.2 Å². The zero-order valence-corrected chi connectivity index (χ0v) is 21.5. The number of amides is 2. The fraction of sp³-hybridized carbons (Fsp3) is 0.321. The largest absolute Gasteiger partial charge is 0.343 e. The Kier molecular flexibility index (Phi) is 5.62. The first-order chi connectivity index (χ1) is 18.3. The Morgan fingerprint density at radius 1 is 1.18 bits per heavy atom. The van der Waals surface area contributed by atoms with Gasteiger partial charge < -0.3 is 20.1 Å². The first-order valence-corrected chi connectivity index (χ1v) is 12.7. The van der Waals surface area contributed by atoms with Crippen molar-refractivity contribution in [2.24, 2.45) is 0 Å². The molecule has 0 unspecified atom stereocenters. The van der Waals surface area contributed by atoms with Crippen LogP contribution in [0.3, 0.4) is 0 Å². The van der Waals surface area contributed by atoms with Crippen LogP contribution in [0.5, 0.6) is 0 Å². The van der Waals surface area contributed by atoms with Crippen LogP contribution >= 0.6 is 0 Å². The Balaban J connectivity index is 1.41. The lowest BCUT2D eigenvalue weighted by atomic mass is 9.73. The van der Waals surface area contributed by atoms with Gasteiger partial charge in [-0.05, 0) is 50.5 Å². The van der Waals surface area contributed by atoms with Crippen LogP contribution < -0.4 is 10.6 Å². The van der Waals surface area contributed by atoms with Crippen molar-refractivity contribution in [1.82, 2.24) is 24.4 Å². The van der Waals surface area contributed by atoms with Crippen LogP contribution in [-0.2, 0) is 15.0 Å². The molecular weight excluding hydrogens is 485 g/mol. The highest BCUT2D eigenvalue weighted by Gasteiger charge is 2.48. The number of nitrogens with one attached hydrogen (secondary N) is 2. The average molecular weight is 514 g/mol. The van der Waals surface area contributed by atoms with Gasteiger partial charge in [-0.15, -0.1) is 0 Å². The molecule has 4 aromatic rings. The predicted octanol–water partition coefficient (Wildman–Crippen LogP) is 4.79. The Labute approximate surface area is 219 Å². The van der Waals surface area contributed by atoms with Crippen LogP contribution in [-0.4, -0.2) is 49.3 Å². The summed E-state index contributed by atoms with van der Waals surface area (Å²) in [5, 5.41) is 6.21. The van der Waals surface area contributed by atoms with E-state index in [0.29, 0.717) is 37.4 Å². The molecule has 9 nitrogen and oxygen atoms in total. The maximum Gasteiger partial charge on any atom is 0.235 e. The van der Waals surface area contributed by atoms with Gasteiger partial charge in [-0.25, -0.2) is 14.4 Å². The molecule has 0 radical (unpaired) electrons. The summed E-state index contributed by atoms with van der Waals surface area (Å²) >= 11 is 0. The molecule has 10 heteroatoms. The standard InChI is InChI=1S/C28H28FN7O2/c1-16(2)36-15-31-24-13-22(33-26(25(24)36)32-21-6-9-30-14-20(21)29)18-4-5-19-23(12-18)34-27(38)28(19)7-10-35(11-8-28)17(3)37/h4-6,9,12-16H,7-8,10-11H2,1-3H3,(H,34,38)(H,30,32,33). The first kappa shape index (κ1) is 24.0. The summed E-state index contributed by atoms with van der Waals surface area (Å²) in [7, 11) is 0. The average Bonchev–Trinajstić information content (AvgIpc) is 3.45. The van der Waals surface area contributed by atoms with E-state index in [1.807, 2.05) is 42.7 Å². The highest BCUT2D eigenvalue weighted by atomic mass is 19.1. The fourth-order valence-electron chi connectivity index (χ4n) is 5.58. The van der Waals surface area contributed by atoms with Gasteiger partial charge in [0.2, 0.25) is 11.8 Å². The minimum Gasteiger partial charge on any atom is -0.343 e. The number of fused-ring (bicyclic) bond motifs is 3. The van der Waals surface area contributed by atoms with E-state index in [4.69, 9.17) is 4.98 Å². The number of halogens is 1. The van der Waals surface area contributed by atoms with Gasteiger partial charge in [0.15, 0.2) is 11.6 Å². The Hall–Kier alpha value is -4.34. The monoisotopic (exact) mass is 513 g/mol. The topological polar surface area (TPSA) is 105 Å². The van der Waals surface area contributed by atoms with Crippen molar-refractivity contribution in [2.45, 2.75) is 45.1 Å². The number of carbonyl (C=O) groups excluding carboxylic acids is 2. The molecular formula is C28H28FN7O2. The highest BCUT2D eigenvalue weighted by Crippen LogP contribution is 2.46. The molecule has 1 fully saturated rings. The molecule has 0 saturated carbocycles. The van der Waals surface area contributed by atoms with Crippen molar-refractivity contribution >= 4 is 40.0 Å². The number of pyridine rings is 2. The summed E-state index contributed by atoms with van der Waals surface area (Å²) in [5.41, 5.74) is 4.30. The molecule has 1 spiro atoms. The lowest BCUT2D eigenvalue weighted by Gasteiger charge is -2.37. The third-order valence-electron chi connectivity index (χ3n) is 7.71. The van der Waals surface area contributed by atoms with Crippen molar-refractivity contribution in [3.63, 3.8) is 0 Å². The quantitative estimate of drug-likeness (QED) is 0.407. The number of anilines is 3. The zero-order chi connectivity index (χ0) is 26.6. The number of imidazole rings is 1. The van der Waals surface area contributed by atoms with Gasteiger partial charge in [0.05, 0.1) is 34.8 Å². The van der Waals surface area contributed by atoms with Crippen LogP contribution in [0.1, 0.15) is 45.2 Å². The van der Waals surface area contributed by atoms with Gasteiger partial charge in [0.25, 0.3) is 0 Å². The molecule has 2 N–H and O–H groups in total. The molecule has 1 saturated heterocycles. The molecule has 0 atom stereocenters. The summed E-state index contributed by atoms with van der Waals surface area (Å²) < 4.78 is 16.5. The normalized spacial score (nSPS) is 16.2. The number of aromatic nitrogens is 4. The van der Waals surface area contributed by atoms with Gasteiger partial charge in [0, 0.05) is 43.5 Å². The molecule has 2 aliphatic heterocycles. The summed E-state index contributed by atoms with van der Waals surface area (Å²) in [6.45, 7) is 6.77. The molecule has 0 bridgehead atoms. The number of carbonyl (C=O) groups is 2. The van der Waals surface area contributed by atoms with Crippen molar-refractivity contribution in [2.75, 3.05) is 23.7 Å². The Bertz CT molecular complexity index is 1590. The molecule has 2 amide bonds. The lowest BCUT2D eigenvalue weighted by Crippen LogP contribution is -2.47. The fourth-order valence-corrected chi connectivity index (χ4v) is 5.58. The second-order valence-electron chi connectivity index (χ2n) is 10.3. The summed E-state index contributed by atoms with van der Waals surface area (Å²) in [6.07, 6.45) is 5.62. The van der Waals surface area contributed by atoms with E-state index in [0.717, 1.165) is 34.0 Å². The summed E-state index contributed by atoms with van der Waals surface area (Å²) in [4.78, 5) is 40.1. The van der Waals surface area contributed by atoms with Crippen molar-refractivity contribution in [1.29, 1.82) is 0 Å². The van der Waals surface area contributed by atoms with Crippen molar-refractivity contribution in [3.05, 3.63) is 60.4 Å². The molecule has 5 heterocycles. The number of piperidine rings is 1. The van der Waals surface area contributed by atoms with Crippen LogP contribution in [0.15, 0.2) is 49.1 Å². The zero-order valence-electron chi connectivity index (χ0n) is 21.5. The number of benzene rings is 1. The van der Waals surface area contributed by atoms with E-state index in [-0.39, 0.29) is 23.5 Å². The smallest absolute Gasteiger partial charge is 0.235 e. The number of nitrogens with zero attached hydrogens (tertiary/aromatic N) is 5. The molecule has 3 aromatic heterocycles. The van der Waals surface area contributed by atoms with Gasteiger partial charge in [-0.2, -0.15) is 0 Å². The van der Waals surface area contributed by atoms with Crippen LogP contribution in [0.25, 0.3) is 22.3 Å². The van der Waals surface area contributed by atoms with Crippen LogP contribution in [0.4, 0.5) is 21.6 Å². The van der Waals surface area contributed by atoms with Gasteiger partial charge in [-0.1, -0.05) is 12.1 Å². The Morgan fingerprint density at radius 3 is 2.68 bits per heavy atom. The summed E-state index contributed by atoms with van der Waals surface area (Å²) in [5.74, 6) is 0.00459. The van der Waals surface area contributed by atoms with Gasteiger partial charge >= 0.3 is 0 Å². The molecule has 6 rings (SSSR count). The van der Waals surface area contributed by atoms with Crippen molar-refractivity contribution < 1.29 is 14.0 Å². The van der Waals surface area contributed by atoms with E-state index in [1.54, 1.807) is 24.2 Å². The van der Waals surface area contributed by atoms with E-state index in [1.165, 1.54) is 6.20 Å². The van der Waals surface area contributed by atoms with Gasteiger partial charge in [0.1, 0.15) is 5.52 Å². The molecule has 194 valence electrons. The van der Waals surface area contributed by atoms with Crippen LogP contribution in [0.2, 0.25) is 0 Å². The second kappa shape index (κ2) is 8.90. The SMILES string of the molecule is CC(=O)N1CCC2(CC1)C(=O)Nc1cc(-c3cc4ncn(C(C)C)c4c(Nc4ccncc4F)n3)ccc12. The number of rotatable bonds is 4. The number of hydrogen-bond acceptors (Lipinski definition) is 6. The molecule has 0 aliphatic carbocycles. The van der Waals surface area contributed by atoms with E-state index >= 15 is 0 Å². The van der Waals surface area contributed by atoms with E-state index in [9.17, 15) is 14.0 Å². The second-order valence-corrected chi connectivity index (χ2v) is 10.3. The third-order valence-corrected chi connectivity index (χ3v) is 7.71. The molecule has 2 aliphatic rings. The first-order valence-electron chi connectivity index (χ1n) is 12.7. The van der Waals surface area contributed by atoms with Crippen LogP contribution in [0, 0.1) is 5.82 Å².